The summed E-state index contributed by atoms with van der Waals surface area (Å²) in [5.74, 6) is 1.01. The van der Waals surface area contributed by atoms with Crippen molar-refractivity contribution in [2.75, 3.05) is 11.1 Å². The summed E-state index contributed by atoms with van der Waals surface area (Å²) in [6.45, 7) is 0. The third-order valence-electron chi connectivity index (χ3n) is 2.92. The van der Waals surface area contributed by atoms with Crippen LogP contribution in [0, 0.1) is 0 Å². The zero-order chi connectivity index (χ0) is 13.2. The predicted octanol–water partition coefficient (Wildman–Crippen LogP) is 3.27. The molecule has 0 amide bonds. The van der Waals surface area contributed by atoms with E-state index in [2.05, 4.69) is 10.3 Å². The van der Waals surface area contributed by atoms with Crippen molar-refractivity contribution in [1.29, 1.82) is 0 Å². The molecule has 0 fully saturated rings. The number of rotatable bonds is 2. The largest absolute Gasteiger partial charge is 0.508 e. The van der Waals surface area contributed by atoms with Crippen LogP contribution in [0.2, 0.25) is 0 Å². The normalized spacial score (nSPS) is 10.5. The molecule has 1 heterocycles. The molecule has 19 heavy (non-hydrogen) atoms. The number of nitrogens with one attached hydrogen (secondary N) is 1. The number of nitrogens with zero attached hydrogens (tertiary/aromatic N) is 1. The van der Waals surface area contributed by atoms with E-state index in [-0.39, 0.29) is 5.75 Å². The number of pyridine rings is 1. The maximum atomic E-state index is 9.27. The third kappa shape index (κ3) is 2.28. The summed E-state index contributed by atoms with van der Waals surface area (Å²) in [4.78, 5) is 4.34. The molecule has 0 unspecified atom stereocenters. The average Bonchev–Trinajstić information content (AvgIpc) is 2.41. The Kier molecular flexibility index (Phi) is 2.68. The van der Waals surface area contributed by atoms with Gasteiger partial charge < -0.3 is 16.2 Å². The van der Waals surface area contributed by atoms with Crippen molar-refractivity contribution in [1.82, 2.24) is 4.98 Å². The van der Waals surface area contributed by atoms with E-state index in [0.29, 0.717) is 0 Å². The highest BCUT2D eigenvalue weighted by molar-refractivity contribution is 5.94. The second-order valence-corrected chi connectivity index (χ2v) is 4.31. The molecule has 0 aliphatic rings. The van der Waals surface area contributed by atoms with Gasteiger partial charge >= 0.3 is 0 Å². The van der Waals surface area contributed by atoms with E-state index >= 15 is 0 Å². The lowest BCUT2D eigenvalue weighted by molar-refractivity contribution is 0.475. The summed E-state index contributed by atoms with van der Waals surface area (Å²) in [5, 5.41) is 14.5. The van der Waals surface area contributed by atoms with E-state index in [1.54, 1.807) is 30.5 Å². The SMILES string of the molecule is Nc1ccc2c(Nc3ccc(O)cc3)nccc2c1. The zero-order valence-electron chi connectivity index (χ0n) is 10.2. The second kappa shape index (κ2) is 4.49. The molecule has 3 rings (SSSR count). The van der Waals surface area contributed by atoms with Crippen molar-refractivity contribution in [2.45, 2.75) is 0 Å². The number of hydrogen-bond acceptors (Lipinski definition) is 4. The maximum Gasteiger partial charge on any atom is 0.138 e. The molecule has 0 spiro atoms. The number of aromatic hydroxyl groups is 1. The molecule has 0 bridgehead atoms. The standard InChI is InChI=1S/C15H13N3O/c16-11-1-6-14-10(9-11)7-8-17-15(14)18-12-2-4-13(19)5-3-12/h1-9,19H,16H2,(H,17,18). The lowest BCUT2D eigenvalue weighted by Crippen LogP contribution is -1.94. The number of fused-ring (bicyclic) bond motifs is 1. The maximum absolute atomic E-state index is 9.27. The Labute approximate surface area is 110 Å². The van der Waals surface area contributed by atoms with Gasteiger partial charge in [0.15, 0.2) is 0 Å². The molecule has 0 aliphatic carbocycles. The summed E-state index contributed by atoms with van der Waals surface area (Å²) in [6.07, 6.45) is 1.74. The van der Waals surface area contributed by atoms with Crippen LogP contribution in [0.4, 0.5) is 17.2 Å². The summed E-state index contributed by atoms with van der Waals surface area (Å²) in [7, 11) is 0. The van der Waals surface area contributed by atoms with E-state index in [9.17, 15) is 5.11 Å². The zero-order valence-corrected chi connectivity index (χ0v) is 10.2. The molecule has 4 nitrogen and oxygen atoms in total. The molecule has 0 radical (unpaired) electrons. The van der Waals surface area contributed by atoms with Gasteiger partial charge in [-0.05, 0) is 53.9 Å². The molecular weight excluding hydrogens is 238 g/mol. The first-order valence-electron chi connectivity index (χ1n) is 5.93. The highest BCUT2D eigenvalue weighted by atomic mass is 16.3. The minimum atomic E-state index is 0.240. The fraction of sp³-hybridized carbons (Fsp3) is 0. The van der Waals surface area contributed by atoms with Crippen LogP contribution in [-0.2, 0) is 0 Å². The molecular formula is C15H13N3O. The van der Waals surface area contributed by atoms with Crippen LogP contribution >= 0.6 is 0 Å². The first-order chi connectivity index (χ1) is 9.22. The molecule has 3 aromatic rings. The number of nitrogens with two attached hydrogens (primary N) is 1. The van der Waals surface area contributed by atoms with Gasteiger partial charge in [-0.3, -0.25) is 0 Å². The Balaban J connectivity index is 2.03. The number of aromatic nitrogens is 1. The van der Waals surface area contributed by atoms with Crippen molar-refractivity contribution >= 4 is 28.0 Å². The average molecular weight is 251 g/mol. The molecule has 0 saturated heterocycles. The van der Waals surface area contributed by atoms with Crippen LogP contribution in [0.3, 0.4) is 0 Å². The predicted molar refractivity (Wildman–Crippen MR) is 77.5 cm³/mol. The van der Waals surface area contributed by atoms with Crippen molar-refractivity contribution in [3.63, 3.8) is 0 Å². The minimum absolute atomic E-state index is 0.240. The highest BCUT2D eigenvalue weighted by Crippen LogP contribution is 2.26. The summed E-state index contributed by atoms with van der Waals surface area (Å²) in [5.41, 5.74) is 7.38. The smallest absolute Gasteiger partial charge is 0.138 e. The summed E-state index contributed by atoms with van der Waals surface area (Å²) in [6, 6.07) is 14.5. The van der Waals surface area contributed by atoms with E-state index in [0.717, 1.165) is 28.0 Å². The van der Waals surface area contributed by atoms with Crippen LogP contribution in [0.15, 0.2) is 54.7 Å². The van der Waals surface area contributed by atoms with Gasteiger partial charge in [-0.2, -0.15) is 0 Å². The minimum Gasteiger partial charge on any atom is -0.508 e. The fourth-order valence-corrected chi connectivity index (χ4v) is 1.98. The fourth-order valence-electron chi connectivity index (χ4n) is 1.98. The number of hydrogen-bond donors (Lipinski definition) is 3. The monoisotopic (exact) mass is 251 g/mol. The summed E-state index contributed by atoms with van der Waals surface area (Å²) < 4.78 is 0. The molecule has 2 aromatic carbocycles. The van der Waals surface area contributed by atoms with Crippen LogP contribution in [0.1, 0.15) is 0 Å². The number of phenolic OH excluding ortho intramolecular Hbond substituents is 1. The molecule has 0 aliphatic heterocycles. The molecule has 94 valence electrons. The quantitative estimate of drug-likeness (QED) is 0.483. The lowest BCUT2D eigenvalue weighted by atomic mass is 10.1. The van der Waals surface area contributed by atoms with E-state index in [1.807, 2.05) is 24.3 Å². The summed E-state index contributed by atoms with van der Waals surface area (Å²) >= 11 is 0. The molecule has 4 heteroatoms. The van der Waals surface area contributed by atoms with Crippen molar-refractivity contribution in [3.05, 3.63) is 54.7 Å². The van der Waals surface area contributed by atoms with E-state index in [1.165, 1.54) is 0 Å². The van der Waals surface area contributed by atoms with Gasteiger partial charge in [0.1, 0.15) is 11.6 Å². The van der Waals surface area contributed by atoms with Gasteiger partial charge in [0.05, 0.1) is 0 Å². The van der Waals surface area contributed by atoms with Crippen LogP contribution in [-0.4, -0.2) is 10.1 Å². The van der Waals surface area contributed by atoms with Crippen LogP contribution < -0.4 is 11.1 Å². The first-order valence-corrected chi connectivity index (χ1v) is 5.93. The Morgan fingerprint density at radius 3 is 2.58 bits per heavy atom. The topological polar surface area (TPSA) is 71.2 Å². The van der Waals surface area contributed by atoms with Gasteiger partial charge in [0, 0.05) is 23.0 Å². The first kappa shape index (κ1) is 11.3. The number of nitrogen functional groups attached to an aromatic ring is 1. The second-order valence-electron chi connectivity index (χ2n) is 4.31. The van der Waals surface area contributed by atoms with Gasteiger partial charge in [-0.1, -0.05) is 0 Å². The van der Waals surface area contributed by atoms with Gasteiger partial charge in [-0.15, -0.1) is 0 Å². The van der Waals surface area contributed by atoms with Gasteiger partial charge in [0.25, 0.3) is 0 Å². The number of anilines is 3. The lowest BCUT2D eigenvalue weighted by Gasteiger charge is -2.09. The third-order valence-corrected chi connectivity index (χ3v) is 2.92. The molecule has 1 aromatic heterocycles. The Bertz CT molecular complexity index is 723. The Hall–Kier alpha value is -2.75. The number of phenols is 1. The Morgan fingerprint density at radius 2 is 1.79 bits per heavy atom. The molecule has 0 atom stereocenters. The Morgan fingerprint density at radius 1 is 1.00 bits per heavy atom. The van der Waals surface area contributed by atoms with Crippen molar-refractivity contribution in [3.8, 4) is 5.75 Å². The van der Waals surface area contributed by atoms with Crippen molar-refractivity contribution in [2.24, 2.45) is 0 Å². The van der Waals surface area contributed by atoms with E-state index in [4.69, 9.17) is 5.73 Å². The van der Waals surface area contributed by atoms with E-state index < -0.39 is 0 Å². The van der Waals surface area contributed by atoms with Gasteiger partial charge in [-0.25, -0.2) is 4.98 Å². The molecule has 0 saturated carbocycles. The van der Waals surface area contributed by atoms with Crippen molar-refractivity contribution < 1.29 is 5.11 Å². The van der Waals surface area contributed by atoms with Gasteiger partial charge in [0.2, 0.25) is 0 Å². The van der Waals surface area contributed by atoms with Crippen LogP contribution in [0.25, 0.3) is 10.8 Å². The van der Waals surface area contributed by atoms with Crippen LogP contribution in [0.5, 0.6) is 5.75 Å². The molecule has 4 N–H and O–H groups in total. The highest BCUT2D eigenvalue weighted by Gasteiger charge is 2.03. The number of benzene rings is 2.